The van der Waals surface area contributed by atoms with Gasteiger partial charge in [0.1, 0.15) is 11.5 Å². The fourth-order valence-electron chi connectivity index (χ4n) is 1.50. The summed E-state index contributed by atoms with van der Waals surface area (Å²) < 4.78 is 5.20. The zero-order valence-corrected chi connectivity index (χ0v) is 9.95. The average molecular weight is 218 g/mol. The van der Waals surface area contributed by atoms with Crippen LogP contribution in [0.4, 0.5) is 0 Å². The molecule has 1 aromatic carbocycles. The van der Waals surface area contributed by atoms with E-state index in [9.17, 15) is 4.79 Å². The van der Waals surface area contributed by atoms with Gasteiger partial charge < -0.3 is 4.74 Å². The van der Waals surface area contributed by atoms with E-state index in [1.165, 1.54) is 0 Å². The minimum atomic E-state index is 0.229. The number of carbonyl (C=O) groups excluding carboxylic acids is 1. The first-order valence-electron chi connectivity index (χ1n) is 5.41. The second-order valence-corrected chi connectivity index (χ2v) is 3.98. The first-order chi connectivity index (χ1) is 7.63. The second-order valence-electron chi connectivity index (χ2n) is 3.98. The van der Waals surface area contributed by atoms with Crippen molar-refractivity contribution in [1.82, 2.24) is 0 Å². The van der Waals surface area contributed by atoms with Crippen LogP contribution in [0.2, 0.25) is 0 Å². The van der Waals surface area contributed by atoms with Gasteiger partial charge in [-0.3, -0.25) is 4.79 Å². The summed E-state index contributed by atoms with van der Waals surface area (Å²) >= 11 is 0. The van der Waals surface area contributed by atoms with Crippen molar-refractivity contribution >= 4 is 5.78 Å². The van der Waals surface area contributed by atoms with Crippen LogP contribution in [0.5, 0.6) is 5.75 Å². The molecule has 0 spiro atoms. The highest BCUT2D eigenvalue weighted by atomic mass is 16.5. The van der Waals surface area contributed by atoms with Gasteiger partial charge in [0.25, 0.3) is 0 Å². The molecule has 86 valence electrons. The van der Waals surface area contributed by atoms with Crippen LogP contribution >= 0.6 is 0 Å². The number of rotatable bonds is 6. The van der Waals surface area contributed by atoms with Gasteiger partial charge in [0.05, 0.1) is 7.11 Å². The Bertz CT molecular complexity index is 380. The van der Waals surface area contributed by atoms with Crippen molar-refractivity contribution in [2.45, 2.75) is 26.2 Å². The molecular weight excluding hydrogens is 200 g/mol. The van der Waals surface area contributed by atoms with E-state index in [1.54, 1.807) is 7.11 Å². The topological polar surface area (TPSA) is 26.3 Å². The highest BCUT2D eigenvalue weighted by Gasteiger charge is 2.07. The van der Waals surface area contributed by atoms with E-state index in [0.29, 0.717) is 12.8 Å². The standard InChI is InChI=1S/C14H18O2/c1-11(2)8-9-13(15)10-12-6-4-5-7-14(12)16-3/h4-7H,1,8-10H2,2-3H3. The smallest absolute Gasteiger partial charge is 0.137 e. The third-order valence-electron chi connectivity index (χ3n) is 2.41. The van der Waals surface area contributed by atoms with Crippen LogP contribution in [0.15, 0.2) is 36.4 Å². The number of benzene rings is 1. The number of Topliss-reactive ketones (excluding diaryl/α,β-unsaturated/α-hetero) is 1. The molecule has 16 heavy (non-hydrogen) atoms. The zero-order valence-electron chi connectivity index (χ0n) is 9.95. The maximum Gasteiger partial charge on any atom is 0.137 e. The normalized spacial score (nSPS) is 9.88. The van der Waals surface area contributed by atoms with Crippen molar-refractivity contribution in [3.8, 4) is 5.75 Å². The molecule has 0 radical (unpaired) electrons. The maximum atomic E-state index is 11.7. The Hall–Kier alpha value is -1.57. The Morgan fingerprint density at radius 1 is 1.31 bits per heavy atom. The van der Waals surface area contributed by atoms with Crippen LogP contribution in [0, 0.1) is 0 Å². The number of allylic oxidation sites excluding steroid dienone is 1. The Balaban J connectivity index is 2.58. The van der Waals surface area contributed by atoms with Gasteiger partial charge in [-0.05, 0) is 19.4 Å². The molecule has 0 atom stereocenters. The van der Waals surface area contributed by atoms with E-state index in [4.69, 9.17) is 4.74 Å². The number of methoxy groups -OCH3 is 1. The van der Waals surface area contributed by atoms with Crippen molar-refractivity contribution in [3.63, 3.8) is 0 Å². The molecule has 2 heteroatoms. The maximum absolute atomic E-state index is 11.7. The lowest BCUT2D eigenvalue weighted by atomic mass is 10.0. The SMILES string of the molecule is C=C(C)CCC(=O)Cc1ccccc1OC. The summed E-state index contributed by atoms with van der Waals surface area (Å²) in [5.74, 6) is 1.01. The fourth-order valence-corrected chi connectivity index (χ4v) is 1.50. The third kappa shape index (κ3) is 3.89. The molecule has 0 amide bonds. The minimum Gasteiger partial charge on any atom is -0.496 e. The van der Waals surface area contributed by atoms with Crippen LogP contribution in [0.1, 0.15) is 25.3 Å². The first-order valence-corrected chi connectivity index (χ1v) is 5.41. The molecule has 0 aliphatic heterocycles. The summed E-state index contributed by atoms with van der Waals surface area (Å²) in [4.78, 5) is 11.7. The van der Waals surface area contributed by atoms with Crippen molar-refractivity contribution in [1.29, 1.82) is 0 Å². The molecule has 0 unspecified atom stereocenters. The van der Waals surface area contributed by atoms with Crippen molar-refractivity contribution in [2.24, 2.45) is 0 Å². The molecule has 0 saturated heterocycles. The van der Waals surface area contributed by atoms with Crippen LogP contribution < -0.4 is 4.74 Å². The van der Waals surface area contributed by atoms with Gasteiger partial charge in [-0.1, -0.05) is 23.8 Å². The van der Waals surface area contributed by atoms with Crippen LogP contribution in [0.3, 0.4) is 0 Å². The number of carbonyl (C=O) groups is 1. The molecule has 1 aromatic rings. The van der Waals surface area contributed by atoms with E-state index in [1.807, 2.05) is 31.2 Å². The Morgan fingerprint density at radius 3 is 2.62 bits per heavy atom. The zero-order chi connectivity index (χ0) is 12.0. The van der Waals surface area contributed by atoms with E-state index in [2.05, 4.69) is 6.58 Å². The predicted molar refractivity (Wildman–Crippen MR) is 65.8 cm³/mol. The summed E-state index contributed by atoms with van der Waals surface area (Å²) in [5.41, 5.74) is 2.00. The summed E-state index contributed by atoms with van der Waals surface area (Å²) in [6, 6.07) is 7.63. The molecule has 0 saturated carbocycles. The Morgan fingerprint density at radius 2 is 2.00 bits per heavy atom. The molecule has 0 fully saturated rings. The lowest BCUT2D eigenvalue weighted by Gasteiger charge is -2.07. The van der Waals surface area contributed by atoms with Crippen LogP contribution in [-0.2, 0) is 11.2 Å². The predicted octanol–water partition coefficient (Wildman–Crippen LogP) is 3.16. The molecular formula is C14H18O2. The van der Waals surface area contributed by atoms with Crippen LogP contribution in [-0.4, -0.2) is 12.9 Å². The Kier molecular flexibility index (Phi) is 4.77. The van der Waals surface area contributed by atoms with Gasteiger partial charge in [0.2, 0.25) is 0 Å². The molecule has 0 aliphatic rings. The highest BCUT2D eigenvalue weighted by Crippen LogP contribution is 2.18. The molecule has 0 heterocycles. The third-order valence-corrected chi connectivity index (χ3v) is 2.41. The van der Waals surface area contributed by atoms with E-state index in [0.717, 1.165) is 23.3 Å². The first kappa shape index (κ1) is 12.5. The number of hydrogen-bond acceptors (Lipinski definition) is 2. The number of ketones is 1. The van der Waals surface area contributed by atoms with Gasteiger partial charge in [-0.15, -0.1) is 6.58 Å². The summed E-state index contributed by atoms with van der Waals surface area (Å²) in [6.45, 7) is 5.73. The van der Waals surface area contributed by atoms with Gasteiger partial charge >= 0.3 is 0 Å². The fraction of sp³-hybridized carbons (Fsp3) is 0.357. The number of hydrogen-bond donors (Lipinski definition) is 0. The quantitative estimate of drug-likeness (QED) is 0.685. The van der Waals surface area contributed by atoms with E-state index < -0.39 is 0 Å². The Labute approximate surface area is 96.9 Å². The highest BCUT2D eigenvalue weighted by molar-refractivity contribution is 5.81. The van der Waals surface area contributed by atoms with Gasteiger partial charge in [0, 0.05) is 18.4 Å². The van der Waals surface area contributed by atoms with Crippen LogP contribution in [0.25, 0.3) is 0 Å². The molecule has 1 rings (SSSR count). The molecule has 2 nitrogen and oxygen atoms in total. The van der Waals surface area contributed by atoms with Gasteiger partial charge in [-0.2, -0.15) is 0 Å². The number of ether oxygens (including phenoxy) is 1. The molecule has 0 aliphatic carbocycles. The largest absolute Gasteiger partial charge is 0.496 e. The lowest BCUT2D eigenvalue weighted by molar-refractivity contribution is -0.118. The summed E-state index contributed by atoms with van der Waals surface area (Å²) in [5, 5.41) is 0. The summed E-state index contributed by atoms with van der Waals surface area (Å²) in [6.07, 6.45) is 1.78. The monoisotopic (exact) mass is 218 g/mol. The van der Waals surface area contributed by atoms with Gasteiger partial charge in [-0.25, -0.2) is 0 Å². The minimum absolute atomic E-state index is 0.229. The molecule has 0 bridgehead atoms. The van der Waals surface area contributed by atoms with Gasteiger partial charge in [0.15, 0.2) is 0 Å². The molecule has 0 N–H and O–H groups in total. The van der Waals surface area contributed by atoms with E-state index >= 15 is 0 Å². The van der Waals surface area contributed by atoms with Crippen molar-refractivity contribution in [2.75, 3.05) is 7.11 Å². The lowest BCUT2D eigenvalue weighted by Crippen LogP contribution is -2.04. The molecule has 0 aromatic heterocycles. The van der Waals surface area contributed by atoms with E-state index in [-0.39, 0.29) is 5.78 Å². The number of para-hydroxylation sites is 1. The second kappa shape index (κ2) is 6.11. The van der Waals surface area contributed by atoms with Crippen molar-refractivity contribution in [3.05, 3.63) is 42.0 Å². The van der Waals surface area contributed by atoms with Crippen molar-refractivity contribution < 1.29 is 9.53 Å². The summed E-state index contributed by atoms with van der Waals surface area (Å²) in [7, 11) is 1.62. The average Bonchev–Trinajstić information content (AvgIpc) is 2.27.